The van der Waals surface area contributed by atoms with Crippen LogP contribution in [0.15, 0.2) is 0 Å². The lowest BCUT2D eigenvalue weighted by Gasteiger charge is -2.38. The highest BCUT2D eigenvalue weighted by Crippen LogP contribution is 2.21. The van der Waals surface area contributed by atoms with Crippen molar-refractivity contribution < 1.29 is 8.42 Å². The molecular weight excluding hydrogens is 226 g/mol. The first-order valence-corrected chi connectivity index (χ1v) is 7.14. The van der Waals surface area contributed by atoms with Crippen LogP contribution in [0.4, 0.5) is 0 Å². The summed E-state index contributed by atoms with van der Waals surface area (Å²) in [6, 6.07) is 0. The van der Waals surface area contributed by atoms with Gasteiger partial charge in [0.2, 0.25) is 0 Å². The van der Waals surface area contributed by atoms with E-state index < -0.39 is 15.7 Å². The smallest absolute Gasteiger partial charge is 0.282 e. The van der Waals surface area contributed by atoms with Crippen molar-refractivity contribution in [3.8, 4) is 0 Å². The maximum atomic E-state index is 12.3. The minimum atomic E-state index is -3.40. The third-order valence-corrected chi connectivity index (χ3v) is 5.64. The molecule has 1 unspecified atom stereocenters. The van der Waals surface area contributed by atoms with Crippen LogP contribution in [0.2, 0.25) is 0 Å². The summed E-state index contributed by atoms with van der Waals surface area (Å²) in [6.45, 7) is 8.76. The predicted octanol–water partition coefficient (Wildman–Crippen LogP) is 0.632. The van der Waals surface area contributed by atoms with E-state index in [1.165, 1.54) is 8.61 Å². The van der Waals surface area contributed by atoms with E-state index in [2.05, 4.69) is 0 Å². The lowest BCUT2D eigenvalue weighted by atomic mass is 10.00. The molecule has 0 rings (SSSR count). The average Bonchev–Trinajstić information content (AvgIpc) is 2.28. The first-order chi connectivity index (χ1) is 7.30. The van der Waals surface area contributed by atoms with Crippen LogP contribution in [0, 0.1) is 0 Å². The molecule has 0 aromatic heterocycles. The summed E-state index contributed by atoms with van der Waals surface area (Å²) in [5.74, 6) is 0. The van der Waals surface area contributed by atoms with Gasteiger partial charge in [-0.05, 0) is 13.3 Å². The molecule has 0 spiro atoms. The molecule has 0 bridgehead atoms. The van der Waals surface area contributed by atoms with Crippen LogP contribution in [-0.2, 0) is 10.2 Å². The minimum absolute atomic E-state index is 0.320. The van der Waals surface area contributed by atoms with Gasteiger partial charge in [0.15, 0.2) is 0 Å². The van der Waals surface area contributed by atoms with E-state index in [0.717, 1.165) is 0 Å². The Labute approximate surface area is 99.8 Å². The maximum absolute atomic E-state index is 12.3. The predicted molar refractivity (Wildman–Crippen MR) is 67.4 cm³/mol. The van der Waals surface area contributed by atoms with Gasteiger partial charge >= 0.3 is 0 Å². The van der Waals surface area contributed by atoms with Gasteiger partial charge in [-0.1, -0.05) is 20.8 Å². The van der Waals surface area contributed by atoms with Gasteiger partial charge in [0.25, 0.3) is 10.2 Å². The van der Waals surface area contributed by atoms with Crippen molar-refractivity contribution in [2.45, 2.75) is 39.7 Å². The molecule has 0 heterocycles. The molecular formula is C10H25N3O2S. The molecule has 0 radical (unpaired) electrons. The Morgan fingerprint density at radius 3 is 1.88 bits per heavy atom. The standard InChI is InChI=1S/C10H25N3O2S/c1-6-10(4,9-11)12(5)16(14,15)13(7-2)8-3/h6-9,11H2,1-5H3. The monoisotopic (exact) mass is 251 g/mol. The van der Waals surface area contributed by atoms with Crippen LogP contribution in [-0.4, -0.2) is 49.2 Å². The van der Waals surface area contributed by atoms with Crippen LogP contribution in [0.1, 0.15) is 34.1 Å². The number of hydrogen-bond acceptors (Lipinski definition) is 3. The molecule has 6 heteroatoms. The van der Waals surface area contributed by atoms with Crippen molar-refractivity contribution in [1.82, 2.24) is 8.61 Å². The number of rotatable bonds is 7. The number of hydrogen-bond donors (Lipinski definition) is 1. The SMILES string of the molecule is CCN(CC)S(=O)(=O)N(C)C(C)(CC)CN. The average molecular weight is 251 g/mol. The number of nitrogens with zero attached hydrogens (tertiary/aromatic N) is 2. The highest BCUT2D eigenvalue weighted by atomic mass is 32.2. The maximum Gasteiger partial charge on any atom is 0.282 e. The Bertz CT molecular complexity index is 295. The van der Waals surface area contributed by atoms with Crippen LogP contribution in [0.5, 0.6) is 0 Å². The fourth-order valence-corrected chi connectivity index (χ4v) is 3.26. The van der Waals surface area contributed by atoms with Gasteiger partial charge in [-0.2, -0.15) is 17.0 Å². The molecule has 1 atom stereocenters. The molecule has 0 amide bonds. The van der Waals surface area contributed by atoms with Gasteiger partial charge in [0.1, 0.15) is 0 Å². The summed E-state index contributed by atoms with van der Waals surface area (Å²) in [4.78, 5) is 0. The molecule has 0 fully saturated rings. The van der Waals surface area contributed by atoms with E-state index in [0.29, 0.717) is 26.1 Å². The molecule has 0 aliphatic rings. The van der Waals surface area contributed by atoms with Crippen molar-refractivity contribution in [3.63, 3.8) is 0 Å². The number of nitrogens with two attached hydrogens (primary N) is 1. The van der Waals surface area contributed by atoms with Crippen molar-refractivity contribution in [2.24, 2.45) is 5.73 Å². The Morgan fingerprint density at radius 1 is 1.19 bits per heavy atom. The largest absolute Gasteiger partial charge is 0.329 e. The first-order valence-electron chi connectivity index (χ1n) is 5.74. The minimum Gasteiger partial charge on any atom is -0.329 e. The van der Waals surface area contributed by atoms with E-state index in [1.807, 2.05) is 27.7 Å². The van der Waals surface area contributed by atoms with Crippen LogP contribution in [0.3, 0.4) is 0 Å². The van der Waals surface area contributed by atoms with E-state index in [-0.39, 0.29) is 0 Å². The van der Waals surface area contributed by atoms with E-state index in [4.69, 9.17) is 5.73 Å². The summed E-state index contributed by atoms with van der Waals surface area (Å²) in [7, 11) is -1.80. The topological polar surface area (TPSA) is 66.6 Å². The lowest BCUT2D eigenvalue weighted by molar-refractivity contribution is 0.223. The zero-order chi connectivity index (χ0) is 13.0. The van der Waals surface area contributed by atoms with Crippen LogP contribution >= 0.6 is 0 Å². The summed E-state index contributed by atoms with van der Waals surface area (Å²) in [5, 5.41) is 0. The van der Waals surface area contributed by atoms with Crippen LogP contribution in [0.25, 0.3) is 0 Å². The fourth-order valence-electron chi connectivity index (χ4n) is 1.50. The second kappa shape index (κ2) is 5.95. The molecule has 5 nitrogen and oxygen atoms in total. The zero-order valence-corrected chi connectivity index (χ0v) is 11.8. The molecule has 16 heavy (non-hydrogen) atoms. The van der Waals surface area contributed by atoms with E-state index >= 15 is 0 Å². The Kier molecular flexibility index (Phi) is 5.89. The van der Waals surface area contributed by atoms with Crippen molar-refractivity contribution >= 4 is 10.2 Å². The zero-order valence-electron chi connectivity index (χ0n) is 11.0. The number of likely N-dealkylation sites (N-methyl/N-ethyl adjacent to an activating group) is 1. The Morgan fingerprint density at radius 2 is 1.62 bits per heavy atom. The Hall–Kier alpha value is -0.170. The molecule has 0 aliphatic heterocycles. The van der Waals surface area contributed by atoms with Gasteiger partial charge in [-0.15, -0.1) is 0 Å². The lowest BCUT2D eigenvalue weighted by Crippen LogP contribution is -2.55. The molecule has 0 saturated heterocycles. The normalized spacial score (nSPS) is 16.8. The molecule has 0 aliphatic carbocycles. The third-order valence-electron chi connectivity index (χ3n) is 3.34. The highest BCUT2D eigenvalue weighted by Gasteiger charge is 2.36. The first kappa shape index (κ1) is 15.8. The van der Waals surface area contributed by atoms with Crippen molar-refractivity contribution in [3.05, 3.63) is 0 Å². The summed E-state index contributed by atoms with van der Waals surface area (Å²) in [6.07, 6.45) is 0.695. The quantitative estimate of drug-likeness (QED) is 0.722. The Balaban J connectivity index is 5.17. The van der Waals surface area contributed by atoms with Gasteiger partial charge in [0, 0.05) is 32.2 Å². The molecule has 0 aromatic rings. The fraction of sp³-hybridized carbons (Fsp3) is 1.00. The van der Waals surface area contributed by atoms with E-state index in [9.17, 15) is 8.42 Å². The molecule has 98 valence electrons. The van der Waals surface area contributed by atoms with Crippen LogP contribution < -0.4 is 5.73 Å². The second-order valence-corrected chi connectivity index (χ2v) is 6.07. The van der Waals surface area contributed by atoms with Crippen molar-refractivity contribution in [2.75, 3.05) is 26.7 Å². The van der Waals surface area contributed by atoms with E-state index in [1.54, 1.807) is 7.05 Å². The molecule has 0 aromatic carbocycles. The van der Waals surface area contributed by atoms with Gasteiger partial charge in [0.05, 0.1) is 0 Å². The summed E-state index contributed by atoms with van der Waals surface area (Å²) >= 11 is 0. The molecule has 0 saturated carbocycles. The highest BCUT2D eigenvalue weighted by molar-refractivity contribution is 7.86. The summed E-state index contributed by atoms with van der Waals surface area (Å²) < 4.78 is 27.3. The third kappa shape index (κ3) is 2.94. The summed E-state index contributed by atoms with van der Waals surface area (Å²) in [5.41, 5.74) is 5.16. The van der Waals surface area contributed by atoms with Gasteiger partial charge in [-0.25, -0.2) is 0 Å². The van der Waals surface area contributed by atoms with Gasteiger partial charge in [-0.3, -0.25) is 0 Å². The van der Waals surface area contributed by atoms with Crippen molar-refractivity contribution in [1.29, 1.82) is 0 Å². The van der Waals surface area contributed by atoms with Gasteiger partial charge < -0.3 is 5.73 Å². The second-order valence-electron chi connectivity index (χ2n) is 4.11. The molecule has 2 N–H and O–H groups in total.